The SMILES string of the molecule is C[C@H]1[C@@H](CC(O)(COCc2ccncc2)C[C@H]2O[C@@H]3O[C@@]4(C)CC[C@H]5[C@H](C)CC[C@@H]([C@H]2C)[C@@]35OO4)O[C@@H]2O[C@@]3(C)CC[C@H]4[C@H](C)CC[C@@H]1[C@@]24OO3. The average molecular weight is 714 g/mol. The molecule has 10 aliphatic rings. The summed E-state index contributed by atoms with van der Waals surface area (Å²) in [6, 6.07) is 3.89. The van der Waals surface area contributed by atoms with Crippen LogP contribution < -0.4 is 0 Å². The third kappa shape index (κ3) is 5.62. The summed E-state index contributed by atoms with van der Waals surface area (Å²) in [6.45, 7) is 13.6. The van der Waals surface area contributed by atoms with Crippen LogP contribution in [0.15, 0.2) is 24.5 Å². The second-order valence-corrected chi connectivity index (χ2v) is 18.4. The Morgan fingerprint density at radius 3 is 1.69 bits per heavy atom. The Bertz CT molecular complexity index is 1350. The smallest absolute Gasteiger partial charge is 0.201 e. The molecule has 51 heavy (non-hydrogen) atoms. The molecule has 9 heterocycles. The van der Waals surface area contributed by atoms with Crippen molar-refractivity contribution in [1.82, 2.24) is 4.98 Å². The van der Waals surface area contributed by atoms with E-state index in [9.17, 15) is 5.11 Å². The van der Waals surface area contributed by atoms with E-state index in [0.717, 1.165) is 56.9 Å². The molecular weight excluding hydrogens is 654 g/mol. The highest BCUT2D eigenvalue weighted by Crippen LogP contribution is 2.63. The third-order valence-corrected chi connectivity index (χ3v) is 15.1. The van der Waals surface area contributed by atoms with Crippen molar-refractivity contribution in [2.75, 3.05) is 6.61 Å². The van der Waals surface area contributed by atoms with Gasteiger partial charge in [0.25, 0.3) is 0 Å². The van der Waals surface area contributed by atoms with Crippen LogP contribution in [-0.2, 0) is 49.8 Å². The highest BCUT2D eigenvalue weighted by molar-refractivity contribution is 5.13. The van der Waals surface area contributed by atoms with Gasteiger partial charge in [0.1, 0.15) is 0 Å². The number of hydrogen-bond acceptors (Lipinski definition) is 11. The molecule has 11 heteroatoms. The maximum absolute atomic E-state index is 12.9. The Hall–Kier alpha value is -1.25. The maximum Gasteiger partial charge on any atom is 0.201 e. The number of pyridine rings is 1. The second-order valence-electron chi connectivity index (χ2n) is 18.4. The third-order valence-electron chi connectivity index (χ3n) is 15.1. The molecule has 2 saturated carbocycles. The predicted octanol–water partition coefficient (Wildman–Crippen LogP) is 6.61. The minimum atomic E-state index is -1.27. The van der Waals surface area contributed by atoms with E-state index in [1.54, 1.807) is 12.4 Å². The second kappa shape index (κ2) is 12.6. The van der Waals surface area contributed by atoms with Gasteiger partial charge in [-0.15, -0.1) is 0 Å². The van der Waals surface area contributed by atoms with E-state index in [0.29, 0.717) is 31.3 Å². The largest absolute Gasteiger partial charge is 0.387 e. The van der Waals surface area contributed by atoms with Crippen molar-refractivity contribution in [2.45, 2.75) is 166 Å². The van der Waals surface area contributed by atoms with E-state index in [4.69, 9.17) is 43.2 Å². The summed E-state index contributed by atoms with van der Waals surface area (Å²) in [4.78, 5) is 29.1. The summed E-state index contributed by atoms with van der Waals surface area (Å²) < 4.78 is 33.8. The Kier molecular flexibility index (Phi) is 8.79. The molecule has 0 amide bonds. The summed E-state index contributed by atoms with van der Waals surface area (Å²) >= 11 is 0. The van der Waals surface area contributed by atoms with Crippen LogP contribution in [-0.4, -0.2) is 69.9 Å². The summed E-state index contributed by atoms with van der Waals surface area (Å²) in [5, 5.41) is 12.9. The first kappa shape index (κ1) is 35.5. The van der Waals surface area contributed by atoms with Crippen LogP contribution in [0.5, 0.6) is 0 Å². The van der Waals surface area contributed by atoms with Gasteiger partial charge in [-0.3, -0.25) is 4.98 Å². The monoisotopic (exact) mass is 713 g/mol. The number of nitrogens with zero attached hydrogens (tertiary/aromatic N) is 1. The molecule has 11 rings (SSSR count). The molecule has 0 radical (unpaired) electrons. The lowest BCUT2D eigenvalue weighted by Crippen LogP contribution is -2.71. The zero-order chi connectivity index (χ0) is 35.4. The topological polar surface area (TPSA) is 116 Å². The van der Waals surface area contributed by atoms with Gasteiger partial charge in [-0.2, -0.15) is 0 Å². The molecule has 1 N–H and O–H groups in total. The lowest BCUT2D eigenvalue weighted by Gasteiger charge is -2.61. The van der Waals surface area contributed by atoms with Gasteiger partial charge in [0.05, 0.1) is 31.0 Å². The average Bonchev–Trinajstić information content (AvgIpc) is 3.48. The fourth-order valence-corrected chi connectivity index (χ4v) is 12.2. The van der Waals surface area contributed by atoms with E-state index in [1.807, 2.05) is 26.0 Å². The number of hydrogen-bond donors (Lipinski definition) is 1. The van der Waals surface area contributed by atoms with Gasteiger partial charge >= 0.3 is 0 Å². The van der Waals surface area contributed by atoms with Crippen molar-refractivity contribution in [3.8, 4) is 0 Å². The number of fused-ring (bicyclic) bond motifs is 4. The number of aromatic nitrogens is 1. The molecule has 0 unspecified atom stereocenters. The van der Waals surface area contributed by atoms with Crippen molar-refractivity contribution < 1.29 is 48.3 Å². The fraction of sp³-hybridized carbons (Fsp3) is 0.875. The number of rotatable bonds is 8. The Morgan fingerprint density at radius 2 is 1.20 bits per heavy atom. The summed E-state index contributed by atoms with van der Waals surface area (Å²) in [5.41, 5.74) is -1.57. The highest BCUT2D eigenvalue weighted by atomic mass is 17.3. The van der Waals surface area contributed by atoms with Gasteiger partial charge in [-0.1, -0.05) is 27.7 Å². The Balaban J connectivity index is 1.01. The van der Waals surface area contributed by atoms with Crippen LogP contribution >= 0.6 is 0 Å². The van der Waals surface area contributed by atoms with Crippen LogP contribution in [0.1, 0.15) is 111 Å². The molecule has 11 nitrogen and oxygen atoms in total. The van der Waals surface area contributed by atoms with E-state index < -0.39 is 41.0 Å². The Morgan fingerprint density at radius 1 is 0.706 bits per heavy atom. The van der Waals surface area contributed by atoms with E-state index >= 15 is 0 Å². The number of ether oxygens (including phenoxy) is 5. The molecule has 2 spiro atoms. The molecule has 8 saturated heterocycles. The molecule has 0 aromatic carbocycles. The molecule has 1 aromatic rings. The van der Waals surface area contributed by atoms with Crippen LogP contribution in [0.4, 0.5) is 0 Å². The first-order valence-corrected chi connectivity index (χ1v) is 20.0. The standard InChI is InChI=1S/C40H59NO10/c1-23-7-9-30-25(3)32(44-34-39(30)28(23)11-15-36(5,46-34)48-50-39)19-38(42,22-43-21-27-13-17-41-18-14-27)20-33-26(4)31-10-8-24(2)29-12-16-37(6)47-35(45-33)40(29,31)51-49-37/h13-14,17-18,23-26,28-35,42H,7-12,15-16,19-22H2,1-6H3/t23-,24-,25-,26-,28+,29+,30+,31+,32-,33-,34-,35-,36-,37-,39-,40-/m1/s1. The molecule has 2 aliphatic carbocycles. The minimum absolute atomic E-state index is 0.0950. The van der Waals surface area contributed by atoms with Gasteiger partial charge in [-0.25, -0.2) is 19.6 Å². The van der Waals surface area contributed by atoms with Crippen LogP contribution in [0.3, 0.4) is 0 Å². The van der Waals surface area contributed by atoms with Crippen molar-refractivity contribution in [2.24, 2.45) is 47.3 Å². The van der Waals surface area contributed by atoms with Crippen molar-refractivity contribution in [3.05, 3.63) is 30.1 Å². The molecule has 10 fully saturated rings. The van der Waals surface area contributed by atoms with Crippen LogP contribution in [0.2, 0.25) is 0 Å². The van der Waals surface area contributed by atoms with Crippen LogP contribution in [0, 0.1) is 47.3 Å². The summed E-state index contributed by atoms with van der Waals surface area (Å²) in [5.74, 6) is 0.350. The van der Waals surface area contributed by atoms with Crippen molar-refractivity contribution in [3.63, 3.8) is 0 Å². The van der Waals surface area contributed by atoms with Gasteiger partial charge in [0.2, 0.25) is 11.6 Å². The predicted molar refractivity (Wildman–Crippen MR) is 182 cm³/mol. The summed E-state index contributed by atoms with van der Waals surface area (Å²) in [7, 11) is 0. The van der Waals surface area contributed by atoms with Crippen molar-refractivity contribution >= 4 is 0 Å². The quantitative estimate of drug-likeness (QED) is 0.294. The normalized spacial score (nSPS) is 52.6. The Labute approximate surface area is 302 Å². The zero-order valence-electron chi connectivity index (χ0n) is 31.3. The first-order valence-electron chi connectivity index (χ1n) is 20.0. The van der Waals surface area contributed by atoms with E-state index in [1.165, 1.54) is 0 Å². The van der Waals surface area contributed by atoms with E-state index in [-0.39, 0.29) is 54.3 Å². The van der Waals surface area contributed by atoms with Gasteiger partial charge in [0.15, 0.2) is 23.8 Å². The maximum atomic E-state index is 12.9. The fourth-order valence-electron chi connectivity index (χ4n) is 12.2. The van der Waals surface area contributed by atoms with Crippen molar-refractivity contribution in [1.29, 1.82) is 0 Å². The molecule has 8 aliphatic heterocycles. The van der Waals surface area contributed by atoms with Gasteiger partial charge in [-0.05, 0) is 106 Å². The molecule has 284 valence electrons. The van der Waals surface area contributed by atoms with Gasteiger partial charge in [0, 0.05) is 49.9 Å². The number of aliphatic hydroxyl groups is 1. The van der Waals surface area contributed by atoms with E-state index in [2.05, 4.69) is 32.7 Å². The lowest BCUT2D eigenvalue weighted by molar-refractivity contribution is -0.572. The highest BCUT2D eigenvalue weighted by Gasteiger charge is 2.71. The molecule has 1 aromatic heterocycles. The first-order chi connectivity index (χ1) is 24.4. The van der Waals surface area contributed by atoms with Gasteiger partial charge < -0.3 is 28.8 Å². The molecular formula is C40H59NO10. The zero-order valence-corrected chi connectivity index (χ0v) is 31.3. The van der Waals surface area contributed by atoms with Crippen LogP contribution in [0.25, 0.3) is 0 Å². The molecule has 4 bridgehead atoms. The lowest BCUT2D eigenvalue weighted by atomic mass is 9.56. The minimum Gasteiger partial charge on any atom is -0.387 e. The molecule has 16 atom stereocenters. The summed E-state index contributed by atoms with van der Waals surface area (Å²) in [6.07, 6.45) is 10.3.